The monoisotopic (exact) mass is 453 g/mol. The van der Waals surface area contributed by atoms with Gasteiger partial charge in [0.05, 0.1) is 18.7 Å². The smallest absolute Gasteiger partial charge is 0.410 e. The van der Waals surface area contributed by atoms with E-state index >= 15 is 0 Å². The van der Waals surface area contributed by atoms with Crippen molar-refractivity contribution in [1.29, 1.82) is 0 Å². The number of piperidine rings is 1. The quantitative estimate of drug-likeness (QED) is 0.552. The number of likely N-dealkylation sites (tertiary alicyclic amines) is 1. The molecular weight excluding hydrogens is 429 g/mol. The van der Waals surface area contributed by atoms with Crippen LogP contribution < -0.4 is 5.32 Å². The average molecular weight is 454 g/mol. The van der Waals surface area contributed by atoms with Gasteiger partial charge in [0.15, 0.2) is 5.82 Å². The third-order valence-corrected chi connectivity index (χ3v) is 4.64. The minimum atomic E-state index is -1.24. The fraction of sp³-hybridized carbons (Fsp3) is 0.550. The van der Waals surface area contributed by atoms with Crippen molar-refractivity contribution in [2.75, 3.05) is 25.0 Å². The Hall–Kier alpha value is -2.75. The van der Waals surface area contributed by atoms with Crippen LogP contribution in [-0.2, 0) is 9.47 Å². The molecule has 1 saturated heterocycles. The Morgan fingerprint density at radius 2 is 2.03 bits per heavy atom. The van der Waals surface area contributed by atoms with Crippen LogP contribution in [0.1, 0.15) is 44.5 Å². The van der Waals surface area contributed by atoms with Crippen molar-refractivity contribution in [3.63, 3.8) is 0 Å². The van der Waals surface area contributed by atoms with Gasteiger partial charge in [0.2, 0.25) is 0 Å². The second-order valence-corrected chi connectivity index (χ2v) is 8.58. The van der Waals surface area contributed by atoms with Gasteiger partial charge in [0, 0.05) is 19.0 Å². The number of fused-ring (bicyclic) bond motifs is 1. The molecule has 1 fully saturated rings. The van der Waals surface area contributed by atoms with Crippen molar-refractivity contribution in [2.45, 2.75) is 51.9 Å². The van der Waals surface area contributed by atoms with E-state index < -0.39 is 29.9 Å². The van der Waals surface area contributed by atoms with Gasteiger partial charge in [-0.05, 0) is 33.8 Å². The van der Waals surface area contributed by atoms with Gasteiger partial charge < -0.3 is 19.7 Å². The molecule has 9 nitrogen and oxygen atoms in total. The number of halogens is 2. The summed E-state index contributed by atoms with van der Waals surface area (Å²) in [6.07, 6.45) is -0.390. The number of aromatic nitrogens is 3. The summed E-state index contributed by atoms with van der Waals surface area (Å²) < 4.78 is 24.8. The van der Waals surface area contributed by atoms with E-state index in [9.17, 15) is 14.0 Å². The van der Waals surface area contributed by atoms with Crippen molar-refractivity contribution in [1.82, 2.24) is 19.9 Å². The van der Waals surface area contributed by atoms with E-state index in [0.717, 1.165) is 0 Å². The summed E-state index contributed by atoms with van der Waals surface area (Å²) in [6, 6.07) is 0.919. The summed E-state index contributed by atoms with van der Waals surface area (Å²) in [7, 11) is 0. The van der Waals surface area contributed by atoms with Crippen LogP contribution in [-0.4, -0.2) is 69.4 Å². The summed E-state index contributed by atoms with van der Waals surface area (Å²) in [5, 5.41) is 3.18. The topological polar surface area (TPSA) is 107 Å². The maximum absolute atomic E-state index is 14.4. The first-order valence-corrected chi connectivity index (χ1v) is 10.3. The van der Waals surface area contributed by atoms with Gasteiger partial charge in [-0.3, -0.25) is 0 Å². The SMILES string of the molecule is CCOC(=O)c1cc(Cl)nc2c(N[C@H]3C[C@H](F)CN(C(=O)OC(C)(C)C)C3)ncnc12. The Bertz CT molecular complexity index is 984. The van der Waals surface area contributed by atoms with E-state index in [4.69, 9.17) is 21.1 Å². The molecule has 0 aliphatic carbocycles. The maximum Gasteiger partial charge on any atom is 0.410 e. The molecule has 1 aliphatic heterocycles. The van der Waals surface area contributed by atoms with Crippen molar-refractivity contribution in [3.8, 4) is 0 Å². The molecular formula is C20H25ClFN5O4. The van der Waals surface area contributed by atoms with Crippen LogP contribution in [0.25, 0.3) is 11.0 Å². The normalized spacial score (nSPS) is 19.2. The summed E-state index contributed by atoms with van der Waals surface area (Å²) >= 11 is 6.10. The van der Waals surface area contributed by atoms with Crippen LogP contribution in [0.15, 0.2) is 12.4 Å². The van der Waals surface area contributed by atoms with Crippen molar-refractivity contribution >= 4 is 40.5 Å². The zero-order valence-corrected chi connectivity index (χ0v) is 18.6. The number of esters is 1. The minimum absolute atomic E-state index is 0.0469. The highest BCUT2D eigenvalue weighted by molar-refractivity contribution is 6.30. The number of alkyl halides is 1. The van der Waals surface area contributed by atoms with Crippen LogP contribution in [0.3, 0.4) is 0 Å². The Kier molecular flexibility index (Phi) is 6.78. The number of pyridine rings is 1. The Morgan fingerprint density at radius 1 is 1.29 bits per heavy atom. The molecule has 168 valence electrons. The van der Waals surface area contributed by atoms with E-state index in [1.807, 2.05) is 0 Å². The second kappa shape index (κ2) is 9.17. The summed E-state index contributed by atoms with van der Waals surface area (Å²) in [5.41, 5.74) is -0.0134. The zero-order valence-electron chi connectivity index (χ0n) is 17.8. The molecule has 1 N–H and O–H groups in total. The molecule has 0 saturated carbocycles. The first-order chi connectivity index (χ1) is 14.6. The van der Waals surface area contributed by atoms with Gasteiger partial charge in [-0.25, -0.2) is 28.9 Å². The van der Waals surface area contributed by atoms with Gasteiger partial charge in [-0.2, -0.15) is 0 Å². The van der Waals surface area contributed by atoms with E-state index in [1.54, 1.807) is 27.7 Å². The Labute approximate surface area is 184 Å². The lowest BCUT2D eigenvalue weighted by Crippen LogP contribution is -2.51. The molecule has 0 bridgehead atoms. The number of carbonyl (C=O) groups excluding carboxylic acids is 2. The van der Waals surface area contributed by atoms with E-state index in [2.05, 4.69) is 20.3 Å². The summed E-state index contributed by atoms with van der Waals surface area (Å²) in [6.45, 7) is 7.30. The molecule has 2 atom stereocenters. The molecule has 3 heterocycles. The number of hydrogen-bond donors (Lipinski definition) is 1. The lowest BCUT2D eigenvalue weighted by atomic mass is 10.0. The van der Waals surface area contributed by atoms with E-state index in [-0.39, 0.29) is 53.7 Å². The number of nitrogens with one attached hydrogen (secondary N) is 1. The molecule has 0 spiro atoms. The molecule has 1 amide bonds. The number of rotatable bonds is 4. The minimum Gasteiger partial charge on any atom is -0.462 e. The van der Waals surface area contributed by atoms with Crippen LogP contribution >= 0.6 is 11.6 Å². The fourth-order valence-corrected chi connectivity index (χ4v) is 3.48. The van der Waals surface area contributed by atoms with Gasteiger partial charge in [-0.1, -0.05) is 11.6 Å². The number of hydrogen-bond acceptors (Lipinski definition) is 8. The average Bonchev–Trinajstić information content (AvgIpc) is 2.66. The first-order valence-electron chi connectivity index (χ1n) is 9.94. The van der Waals surface area contributed by atoms with E-state index in [0.29, 0.717) is 0 Å². The molecule has 0 radical (unpaired) electrons. The molecule has 11 heteroatoms. The number of ether oxygens (including phenoxy) is 2. The van der Waals surface area contributed by atoms with Crippen LogP contribution in [0.2, 0.25) is 5.15 Å². The molecule has 2 aromatic rings. The molecule has 0 unspecified atom stereocenters. The number of anilines is 1. The predicted molar refractivity (Wildman–Crippen MR) is 113 cm³/mol. The van der Waals surface area contributed by atoms with Crippen molar-refractivity contribution in [3.05, 3.63) is 23.1 Å². The van der Waals surface area contributed by atoms with Crippen molar-refractivity contribution < 1.29 is 23.5 Å². The number of carbonyl (C=O) groups is 2. The zero-order chi connectivity index (χ0) is 22.8. The molecule has 31 heavy (non-hydrogen) atoms. The second-order valence-electron chi connectivity index (χ2n) is 8.19. The third-order valence-electron chi connectivity index (χ3n) is 4.45. The first kappa shape index (κ1) is 22.9. The molecule has 2 aromatic heterocycles. The highest BCUT2D eigenvalue weighted by Crippen LogP contribution is 2.26. The van der Waals surface area contributed by atoms with Gasteiger partial charge in [0.25, 0.3) is 0 Å². The van der Waals surface area contributed by atoms with Crippen LogP contribution in [0.5, 0.6) is 0 Å². The molecule has 1 aliphatic rings. The molecule has 0 aromatic carbocycles. The third kappa shape index (κ3) is 5.69. The van der Waals surface area contributed by atoms with Gasteiger partial charge >= 0.3 is 12.1 Å². The largest absolute Gasteiger partial charge is 0.462 e. The highest BCUT2D eigenvalue weighted by atomic mass is 35.5. The van der Waals surface area contributed by atoms with Crippen LogP contribution in [0.4, 0.5) is 15.0 Å². The fourth-order valence-electron chi connectivity index (χ4n) is 3.29. The highest BCUT2D eigenvalue weighted by Gasteiger charge is 2.33. The van der Waals surface area contributed by atoms with Gasteiger partial charge in [-0.15, -0.1) is 0 Å². The number of nitrogens with zero attached hydrogens (tertiary/aromatic N) is 4. The maximum atomic E-state index is 14.4. The lowest BCUT2D eigenvalue weighted by Gasteiger charge is -2.36. The van der Waals surface area contributed by atoms with E-state index in [1.165, 1.54) is 17.3 Å². The Balaban J connectivity index is 1.87. The lowest BCUT2D eigenvalue weighted by molar-refractivity contribution is 0.0124. The van der Waals surface area contributed by atoms with Crippen molar-refractivity contribution in [2.24, 2.45) is 0 Å². The molecule has 3 rings (SSSR count). The standard InChI is InChI=1S/C20H25ClFN5O4/c1-5-30-18(28)13-7-14(21)26-16-15(13)23-10-24-17(16)25-12-6-11(22)8-27(9-12)19(29)31-20(2,3)4/h7,10-12H,5-6,8-9H2,1-4H3,(H,23,24,25)/t11-,12-/m0/s1. The Morgan fingerprint density at radius 3 is 2.71 bits per heavy atom. The summed E-state index contributed by atoms with van der Waals surface area (Å²) in [5.74, 6) is -0.305. The summed E-state index contributed by atoms with van der Waals surface area (Å²) in [4.78, 5) is 38.6. The number of amides is 1. The predicted octanol–water partition coefficient (Wildman–Crippen LogP) is 3.61. The van der Waals surface area contributed by atoms with Gasteiger partial charge in [0.1, 0.15) is 34.3 Å². The van der Waals surface area contributed by atoms with Crippen LogP contribution in [0, 0.1) is 0 Å².